The highest BCUT2D eigenvalue weighted by Crippen LogP contribution is 2.37. The molecule has 1 aliphatic heterocycles. The Hall–Kier alpha value is -2.19. The summed E-state index contributed by atoms with van der Waals surface area (Å²) in [6.45, 7) is 7.01. The van der Waals surface area contributed by atoms with Crippen molar-refractivity contribution in [3.63, 3.8) is 0 Å². The van der Waals surface area contributed by atoms with Crippen molar-refractivity contribution < 1.29 is 19.0 Å². The van der Waals surface area contributed by atoms with Crippen molar-refractivity contribution in [3.8, 4) is 0 Å². The van der Waals surface area contributed by atoms with Crippen LogP contribution < -0.4 is 10.4 Å². The average Bonchev–Trinajstić information content (AvgIpc) is 2.77. The van der Waals surface area contributed by atoms with Crippen molar-refractivity contribution in [2.24, 2.45) is 5.11 Å². The van der Waals surface area contributed by atoms with Gasteiger partial charge in [-0.1, -0.05) is 86.5 Å². The highest BCUT2D eigenvalue weighted by Gasteiger charge is 2.51. The van der Waals surface area contributed by atoms with E-state index in [1.165, 1.54) is 17.5 Å². The van der Waals surface area contributed by atoms with Gasteiger partial charge in [0.25, 0.3) is 8.32 Å². The molecule has 1 aliphatic rings. The number of azide groups is 1. The molecule has 166 valence electrons. The minimum Gasteiger partial charge on any atom is -0.405 e. The number of ether oxygens (including phenoxy) is 2. The molecule has 2 aromatic rings. The van der Waals surface area contributed by atoms with Crippen molar-refractivity contribution in [2.75, 3.05) is 20.3 Å². The lowest BCUT2D eigenvalue weighted by Gasteiger charge is -2.45. The van der Waals surface area contributed by atoms with Gasteiger partial charge in [0.1, 0.15) is 12.2 Å². The van der Waals surface area contributed by atoms with E-state index in [0.29, 0.717) is 0 Å². The summed E-state index contributed by atoms with van der Waals surface area (Å²) in [5.41, 5.74) is 8.74. The lowest BCUT2D eigenvalue weighted by molar-refractivity contribution is -0.165. The Labute approximate surface area is 184 Å². The van der Waals surface area contributed by atoms with Crippen LogP contribution in [0.25, 0.3) is 10.4 Å². The Kier molecular flexibility index (Phi) is 7.54. The van der Waals surface area contributed by atoms with Gasteiger partial charge in [-0.3, -0.25) is 0 Å². The minimum atomic E-state index is -2.73. The molecule has 1 N–H and O–H groups in total. The van der Waals surface area contributed by atoms with E-state index in [1.807, 2.05) is 36.4 Å². The third-order valence-corrected chi connectivity index (χ3v) is 10.9. The van der Waals surface area contributed by atoms with Gasteiger partial charge in [0, 0.05) is 12.0 Å². The van der Waals surface area contributed by atoms with Gasteiger partial charge >= 0.3 is 0 Å². The molecule has 2 unspecified atom stereocenters. The van der Waals surface area contributed by atoms with Crippen LogP contribution >= 0.6 is 0 Å². The maximum Gasteiger partial charge on any atom is 0.261 e. The number of hydrogen-bond acceptors (Lipinski definition) is 5. The summed E-state index contributed by atoms with van der Waals surface area (Å²) in [7, 11) is -1.21. The Bertz CT molecular complexity index is 845. The Balaban J connectivity index is 1.97. The second-order valence-electron chi connectivity index (χ2n) is 8.81. The molecular weight excluding hydrogens is 410 g/mol. The van der Waals surface area contributed by atoms with Crippen LogP contribution in [0.4, 0.5) is 0 Å². The van der Waals surface area contributed by atoms with Crippen LogP contribution in [0.1, 0.15) is 20.8 Å². The molecule has 31 heavy (non-hydrogen) atoms. The molecule has 0 radical (unpaired) electrons. The number of aliphatic hydroxyl groups is 1. The zero-order valence-corrected chi connectivity index (χ0v) is 19.5. The number of aliphatic hydroxyl groups excluding tert-OH is 1. The van der Waals surface area contributed by atoms with Gasteiger partial charge < -0.3 is 19.0 Å². The number of hydrogen-bond donors (Lipinski definition) is 1. The highest BCUT2D eigenvalue weighted by molar-refractivity contribution is 6.99. The fourth-order valence-corrected chi connectivity index (χ4v) is 9.00. The predicted octanol–water partition coefficient (Wildman–Crippen LogP) is 3.02. The van der Waals surface area contributed by atoms with Crippen molar-refractivity contribution in [1.29, 1.82) is 0 Å². The number of rotatable bonds is 7. The van der Waals surface area contributed by atoms with E-state index >= 15 is 0 Å². The number of methoxy groups -OCH3 is 1. The third-order valence-electron chi connectivity index (χ3n) is 5.93. The van der Waals surface area contributed by atoms with Crippen LogP contribution in [0.3, 0.4) is 0 Å². The van der Waals surface area contributed by atoms with E-state index in [-0.39, 0.29) is 18.3 Å². The average molecular weight is 442 g/mol. The van der Waals surface area contributed by atoms with E-state index in [4.69, 9.17) is 19.4 Å². The first-order chi connectivity index (χ1) is 14.8. The smallest absolute Gasteiger partial charge is 0.261 e. The second kappa shape index (κ2) is 9.95. The van der Waals surface area contributed by atoms with Crippen LogP contribution in [0.2, 0.25) is 5.04 Å². The number of benzene rings is 2. The standard InChI is InChI=1S/C23H31N3O4Si/c1-23(2,3)31(17-11-7-5-8-12-17,18-13-9-6-10-14-18)30-16-20-22(28-4)21(27)19(15-29-20)25-26-24/h5-14,19-22,27H,15-16H2,1-4H3/t19?,20?,21-,22+/m1/s1. The Morgan fingerprint density at radius 3 is 2.10 bits per heavy atom. The highest BCUT2D eigenvalue weighted by atomic mass is 28.4. The first-order valence-electron chi connectivity index (χ1n) is 10.5. The zero-order chi connectivity index (χ0) is 22.5. The summed E-state index contributed by atoms with van der Waals surface area (Å²) in [5, 5.41) is 16.5. The molecule has 8 heteroatoms. The van der Waals surface area contributed by atoms with Gasteiger partial charge in [-0.05, 0) is 20.9 Å². The van der Waals surface area contributed by atoms with E-state index in [2.05, 4.69) is 55.1 Å². The van der Waals surface area contributed by atoms with Gasteiger partial charge in [-0.2, -0.15) is 0 Å². The summed E-state index contributed by atoms with van der Waals surface area (Å²) in [4.78, 5) is 2.81. The normalized spacial score (nSPS) is 24.4. The zero-order valence-electron chi connectivity index (χ0n) is 18.5. The molecule has 3 rings (SSSR count). The second-order valence-corrected chi connectivity index (χ2v) is 13.1. The minimum absolute atomic E-state index is 0.125. The molecule has 1 heterocycles. The van der Waals surface area contributed by atoms with E-state index in [1.54, 1.807) is 0 Å². The van der Waals surface area contributed by atoms with Crippen molar-refractivity contribution in [1.82, 2.24) is 0 Å². The molecule has 4 atom stereocenters. The Morgan fingerprint density at radius 1 is 1.10 bits per heavy atom. The van der Waals surface area contributed by atoms with E-state index < -0.39 is 32.7 Å². The van der Waals surface area contributed by atoms with Crippen LogP contribution in [-0.2, 0) is 13.9 Å². The quantitative estimate of drug-likeness (QED) is 0.309. The molecule has 0 amide bonds. The van der Waals surface area contributed by atoms with Crippen LogP contribution in [0.5, 0.6) is 0 Å². The van der Waals surface area contributed by atoms with Gasteiger partial charge in [0.2, 0.25) is 0 Å². The molecule has 1 fully saturated rings. The first-order valence-corrected chi connectivity index (χ1v) is 12.4. The summed E-state index contributed by atoms with van der Waals surface area (Å²) < 4.78 is 18.4. The summed E-state index contributed by atoms with van der Waals surface area (Å²) in [6.07, 6.45) is -2.09. The van der Waals surface area contributed by atoms with Crippen molar-refractivity contribution in [2.45, 2.75) is 50.2 Å². The summed E-state index contributed by atoms with van der Waals surface area (Å²) in [5.74, 6) is 0. The summed E-state index contributed by atoms with van der Waals surface area (Å²) in [6, 6.07) is 20.0. The molecule has 0 aromatic heterocycles. The molecular formula is C23H31N3O4Si. The molecule has 2 aromatic carbocycles. The summed E-state index contributed by atoms with van der Waals surface area (Å²) >= 11 is 0. The molecule has 0 aliphatic carbocycles. The fourth-order valence-electron chi connectivity index (χ4n) is 4.43. The molecule has 0 spiro atoms. The largest absolute Gasteiger partial charge is 0.405 e. The van der Waals surface area contributed by atoms with Gasteiger partial charge in [0.05, 0.1) is 25.4 Å². The SMILES string of the molecule is CO[C@H]1C(CO[Si](c2ccccc2)(c2ccccc2)C(C)(C)C)OCC(N=[N+]=[N-])[C@H]1O. The van der Waals surface area contributed by atoms with Gasteiger partial charge in [0.15, 0.2) is 0 Å². The van der Waals surface area contributed by atoms with Crippen molar-refractivity contribution >= 4 is 18.7 Å². The van der Waals surface area contributed by atoms with Gasteiger partial charge in [-0.15, -0.1) is 0 Å². The Morgan fingerprint density at radius 2 is 1.65 bits per heavy atom. The first kappa shape index (κ1) is 23.5. The van der Waals surface area contributed by atoms with E-state index in [0.717, 1.165) is 0 Å². The number of nitrogens with zero attached hydrogens (tertiary/aromatic N) is 3. The fraction of sp³-hybridized carbons (Fsp3) is 0.478. The monoisotopic (exact) mass is 441 g/mol. The van der Waals surface area contributed by atoms with E-state index in [9.17, 15) is 5.11 Å². The molecule has 1 saturated heterocycles. The lowest BCUT2D eigenvalue weighted by atomic mass is 9.99. The third kappa shape index (κ3) is 4.69. The molecule has 0 bridgehead atoms. The maximum atomic E-state index is 10.6. The molecule has 0 saturated carbocycles. The van der Waals surface area contributed by atoms with Crippen LogP contribution in [0.15, 0.2) is 65.8 Å². The predicted molar refractivity (Wildman–Crippen MR) is 123 cm³/mol. The maximum absolute atomic E-state index is 10.6. The lowest BCUT2D eigenvalue weighted by Crippen LogP contribution is -2.68. The van der Waals surface area contributed by atoms with Crippen molar-refractivity contribution in [3.05, 3.63) is 71.1 Å². The molecule has 7 nitrogen and oxygen atoms in total. The van der Waals surface area contributed by atoms with Crippen LogP contribution in [-0.4, -0.2) is 58.1 Å². The topological polar surface area (TPSA) is 96.7 Å². The van der Waals surface area contributed by atoms with Crippen LogP contribution in [0, 0.1) is 0 Å². The van der Waals surface area contributed by atoms with Gasteiger partial charge in [-0.25, -0.2) is 0 Å².